The van der Waals surface area contributed by atoms with Crippen molar-refractivity contribution in [2.45, 2.75) is 51.9 Å². The van der Waals surface area contributed by atoms with Gasteiger partial charge in [-0.1, -0.05) is 19.1 Å². The summed E-state index contributed by atoms with van der Waals surface area (Å²) < 4.78 is 0. The second kappa shape index (κ2) is 8.34. The summed E-state index contributed by atoms with van der Waals surface area (Å²) in [6, 6.07) is 6.89. The van der Waals surface area contributed by atoms with Gasteiger partial charge in [-0.15, -0.1) is 0 Å². The first kappa shape index (κ1) is 19.9. The number of carboxylic acids is 1. The number of hydrogen-bond donors (Lipinski definition) is 2. The van der Waals surface area contributed by atoms with E-state index in [-0.39, 0.29) is 17.7 Å². The van der Waals surface area contributed by atoms with Gasteiger partial charge in [0.05, 0.1) is 11.3 Å². The molecule has 6 heteroatoms. The van der Waals surface area contributed by atoms with E-state index in [0.29, 0.717) is 24.2 Å². The van der Waals surface area contributed by atoms with Gasteiger partial charge in [-0.05, 0) is 50.8 Å². The molecule has 0 radical (unpaired) electrons. The highest BCUT2D eigenvalue weighted by molar-refractivity contribution is 5.93. The molecule has 2 rings (SSSR count). The van der Waals surface area contributed by atoms with Gasteiger partial charge in [0, 0.05) is 25.2 Å². The van der Waals surface area contributed by atoms with Crippen LogP contribution in [-0.2, 0) is 19.8 Å². The largest absolute Gasteiger partial charge is 0.481 e. The number of hydrogen-bond acceptors (Lipinski definition) is 3. The zero-order valence-corrected chi connectivity index (χ0v) is 15.7. The molecule has 0 aliphatic carbocycles. The quantitative estimate of drug-likeness (QED) is 0.816. The molecule has 1 atom stereocenters. The second-order valence-electron chi connectivity index (χ2n) is 7.43. The van der Waals surface area contributed by atoms with Crippen molar-refractivity contribution in [3.63, 3.8) is 0 Å². The van der Waals surface area contributed by atoms with Crippen molar-refractivity contribution in [3.8, 4) is 0 Å². The predicted molar refractivity (Wildman–Crippen MR) is 99.9 cm³/mol. The van der Waals surface area contributed by atoms with Crippen LogP contribution >= 0.6 is 0 Å². The number of likely N-dealkylation sites (tertiary alicyclic amines) is 1. The van der Waals surface area contributed by atoms with E-state index in [1.54, 1.807) is 43.0 Å². The molecule has 0 aromatic heterocycles. The molecule has 2 amide bonds. The highest BCUT2D eigenvalue weighted by Gasteiger charge is 2.30. The number of rotatable bonds is 6. The highest BCUT2D eigenvalue weighted by Crippen LogP contribution is 2.25. The molecule has 1 aliphatic heterocycles. The van der Waals surface area contributed by atoms with Crippen LogP contribution in [0.25, 0.3) is 0 Å². The number of aliphatic carboxylic acids is 1. The Labute approximate surface area is 154 Å². The lowest BCUT2D eigenvalue weighted by atomic mass is 9.85. The van der Waals surface area contributed by atoms with Crippen LogP contribution in [0.5, 0.6) is 0 Å². The number of amides is 2. The van der Waals surface area contributed by atoms with E-state index < -0.39 is 11.4 Å². The smallest absolute Gasteiger partial charge is 0.313 e. The Morgan fingerprint density at radius 3 is 2.46 bits per heavy atom. The Hall–Kier alpha value is -2.37. The van der Waals surface area contributed by atoms with Crippen molar-refractivity contribution in [2.75, 3.05) is 18.4 Å². The van der Waals surface area contributed by atoms with Crippen LogP contribution < -0.4 is 5.32 Å². The zero-order chi connectivity index (χ0) is 19.3. The SMILES string of the molecule is CCCC(=O)N1CCCC(C(=O)Nc2ccc(C(C)(C)C(=O)O)cc2)C1. The standard InChI is InChI=1S/C20H28N2O4/c1-4-6-17(23)22-12-5-7-14(13-22)18(24)21-16-10-8-15(9-11-16)20(2,3)19(25)26/h8-11,14H,4-7,12-13H2,1-3H3,(H,21,24)(H,25,26). The van der Waals surface area contributed by atoms with Crippen molar-refractivity contribution in [1.82, 2.24) is 4.90 Å². The topological polar surface area (TPSA) is 86.7 Å². The van der Waals surface area contributed by atoms with Crippen molar-refractivity contribution < 1.29 is 19.5 Å². The maximum atomic E-state index is 12.5. The first-order valence-corrected chi connectivity index (χ1v) is 9.18. The number of carboxylic acid groups (broad SMARTS) is 1. The molecule has 6 nitrogen and oxygen atoms in total. The minimum Gasteiger partial charge on any atom is -0.481 e. The third-order valence-corrected chi connectivity index (χ3v) is 5.02. The fraction of sp³-hybridized carbons (Fsp3) is 0.550. The lowest BCUT2D eigenvalue weighted by Gasteiger charge is -2.32. The first-order chi connectivity index (χ1) is 12.3. The molecular formula is C20H28N2O4. The van der Waals surface area contributed by atoms with Crippen LogP contribution in [0.3, 0.4) is 0 Å². The molecule has 1 aliphatic rings. The Bertz CT molecular complexity index is 667. The Kier molecular flexibility index (Phi) is 6.40. The molecule has 26 heavy (non-hydrogen) atoms. The van der Waals surface area contributed by atoms with Crippen LogP contribution in [0.4, 0.5) is 5.69 Å². The van der Waals surface area contributed by atoms with E-state index in [2.05, 4.69) is 5.32 Å². The summed E-state index contributed by atoms with van der Waals surface area (Å²) in [6.45, 7) is 6.46. The summed E-state index contributed by atoms with van der Waals surface area (Å²) in [5.74, 6) is -1.08. The summed E-state index contributed by atoms with van der Waals surface area (Å²) >= 11 is 0. The van der Waals surface area contributed by atoms with Crippen LogP contribution in [-0.4, -0.2) is 40.9 Å². The van der Waals surface area contributed by atoms with Crippen LogP contribution in [0.1, 0.15) is 52.0 Å². The molecule has 1 aromatic rings. The second-order valence-corrected chi connectivity index (χ2v) is 7.43. The molecule has 1 saturated heterocycles. The minimum absolute atomic E-state index is 0.0933. The van der Waals surface area contributed by atoms with Gasteiger partial charge in [0.25, 0.3) is 0 Å². The highest BCUT2D eigenvalue weighted by atomic mass is 16.4. The number of nitrogens with one attached hydrogen (secondary N) is 1. The van der Waals surface area contributed by atoms with Gasteiger partial charge < -0.3 is 15.3 Å². The number of carbonyl (C=O) groups is 3. The van der Waals surface area contributed by atoms with Gasteiger partial charge >= 0.3 is 5.97 Å². The van der Waals surface area contributed by atoms with E-state index in [1.807, 2.05) is 6.92 Å². The summed E-state index contributed by atoms with van der Waals surface area (Å²) in [5, 5.41) is 12.2. The molecule has 1 fully saturated rings. The van der Waals surface area contributed by atoms with Gasteiger partial charge in [-0.25, -0.2) is 0 Å². The molecule has 1 unspecified atom stereocenters. The average Bonchev–Trinajstić information content (AvgIpc) is 2.62. The molecular weight excluding hydrogens is 332 g/mol. The molecule has 0 spiro atoms. The fourth-order valence-electron chi connectivity index (χ4n) is 3.13. The Morgan fingerprint density at radius 2 is 1.88 bits per heavy atom. The lowest BCUT2D eigenvalue weighted by Crippen LogP contribution is -2.43. The lowest BCUT2D eigenvalue weighted by molar-refractivity contribution is -0.142. The number of anilines is 1. The first-order valence-electron chi connectivity index (χ1n) is 9.18. The average molecular weight is 360 g/mol. The third kappa shape index (κ3) is 4.62. The molecule has 0 saturated carbocycles. The Balaban J connectivity index is 1.99. The zero-order valence-electron chi connectivity index (χ0n) is 15.7. The summed E-state index contributed by atoms with van der Waals surface area (Å²) in [4.78, 5) is 37.7. The fourth-order valence-corrected chi connectivity index (χ4v) is 3.13. The molecule has 1 heterocycles. The number of benzene rings is 1. The van der Waals surface area contributed by atoms with Gasteiger partial charge in [-0.2, -0.15) is 0 Å². The van der Waals surface area contributed by atoms with Crippen LogP contribution in [0.2, 0.25) is 0 Å². The van der Waals surface area contributed by atoms with Crippen molar-refractivity contribution in [3.05, 3.63) is 29.8 Å². The Morgan fingerprint density at radius 1 is 1.23 bits per heavy atom. The predicted octanol–water partition coefficient (Wildman–Crippen LogP) is 3.03. The van der Waals surface area contributed by atoms with E-state index >= 15 is 0 Å². The minimum atomic E-state index is -0.980. The summed E-state index contributed by atoms with van der Waals surface area (Å²) in [7, 11) is 0. The number of piperidine rings is 1. The van der Waals surface area contributed by atoms with E-state index in [1.165, 1.54) is 0 Å². The van der Waals surface area contributed by atoms with Crippen LogP contribution in [0, 0.1) is 5.92 Å². The monoisotopic (exact) mass is 360 g/mol. The maximum Gasteiger partial charge on any atom is 0.313 e. The molecule has 1 aromatic carbocycles. The third-order valence-electron chi connectivity index (χ3n) is 5.02. The molecule has 0 bridgehead atoms. The number of carbonyl (C=O) groups excluding carboxylic acids is 2. The molecule has 2 N–H and O–H groups in total. The van der Waals surface area contributed by atoms with Crippen LogP contribution in [0.15, 0.2) is 24.3 Å². The maximum absolute atomic E-state index is 12.5. The van der Waals surface area contributed by atoms with Gasteiger partial charge in [-0.3, -0.25) is 14.4 Å². The van der Waals surface area contributed by atoms with Gasteiger partial charge in [0.1, 0.15) is 0 Å². The van der Waals surface area contributed by atoms with Gasteiger partial charge in [0.15, 0.2) is 0 Å². The summed E-state index contributed by atoms with van der Waals surface area (Å²) in [6.07, 6.45) is 2.94. The van der Waals surface area contributed by atoms with Gasteiger partial charge in [0.2, 0.25) is 11.8 Å². The molecule has 142 valence electrons. The normalized spacial score (nSPS) is 17.7. The van der Waals surface area contributed by atoms with Crippen molar-refractivity contribution in [2.24, 2.45) is 5.92 Å². The van der Waals surface area contributed by atoms with E-state index in [4.69, 9.17) is 0 Å². The van der Waals surface area contributed by atoms with Crippen molar-refractivity contribution in [1.29, 1.82) is 0 Å². The number of nitrogens with zero attached hydrogens (tertiary/aromatic N) is 1. The summed E-state index contributed by atoms with van der Waals surface area (Å²) in [5.41, 5.74) is 0.334. The van der Waals surface area contributed by atoms with E-state index in [0.717, 1.165) is 25.8 Å². The van der Waals surface area contributed by atoms with E-state index in [9.17, 15) is 19.5 Å². The van der Waals surface area contributed by atoms with Crippen molar-refractivity contribution >= 4 is 23.5 Å².